The first-order chi connectivity index (χ1) is 17.9. The van der Waals surface area contributed by atoms with E-state index in [9.17, 15) is 10.1 Å². The van der Waals surface area contributed by atoms with Crippen LogP contribution in [0.5, 0.6) is 11.5 Å². The fourth-order valence-electron chi connectivity index (χ4n) is 3.84. The molecule has 37 heavy (non-hydrogen) atoms. The fourth-order valence-corrected chi connectivity index (χ4v) is 3.84. The number of hydrogen-bond acceptors (Lipinski definition) is 11. The summed E-state index contributed by atoms with van der Waals surface area (Å²) in [5.74, 6) is 0.690. The molecule has 2 heterocycles. The molecule has 1 atom stereocenters. The molecule has 0 radical (unpaired) electrons. The molecule has 2 aromatic carbocycles. The number of aliphatic imine (C=N–C) groups is 1. The number of amides is 1. The molecule has 0 aliphatic carbocycles. The van der Waals surface area contributed by atoms with Crippen LogP contribution in [0.1, 0.15) is 28.3 Å². The van der Waals surface area contributed by atoms with Crippen LogP contribution in [0.15, 0.2) is 47.5 Å². The summed E-state index contributed by atoms with van der Waals surface area (Å²) >= 11 is 0. The highest BCUT2D eigenvalue weighted by atomic mass is 16.5. The van der Waals surface area contributed by atoms with Crippen molar-refractivity contribution in [2.75, 3.05) is 35.8 Å². The van der Waals surface area contributed by atoms with E-state index in [-0.39, 0.29) is 41.4 Å². The van der Waals surface area contributed by atoms with Gasteiger partial charge in [0.2, 0.25) is 5.96 Å². The number of carbonyl (C=O) groups excluding carboxylic acids is 1. The fraction of sp³-hybridized carbons (Fsp3) is 0.160. The highest BCUT2D eigenvalue weighted by Gasteiger charge is 2.30. The van der Waals surface area contributed by atoms with Crippen molar-refractivity contribution in [3.05, 3.63) is 64.7 Å². The maximum Gasteiger partial charge on any atom is 0.262 e. The average Bonchev–Trinajstić information content (AvgIpc) is 2.88. The molecule has 7 N–H and O–H groups in total. The Morgan fingerprint density at radius 3 is 2.68 bits per heavy atom. The third kappa shape index (κ3) is 4.99. The Morgan fingerprint density at radius 1 is 1.19 bits per heavy atom. The lowest BCUT2D eigenvalue weighted by Gasteiger charge is -2.26. The summed E-state index contributed by atoms with van der Waals surface area (Å²) in [6, 6.07) is 13.7. The summed E-state index contributed by atoms with van der Waals surface area (Å²) < 4.78 is 11.2. The molecule has 0 fully saturated rings. The zero-order valence-electron chi connectivity index (χ0n) is 20.0. The molecule has 12 nitrogen and oxygen atoms in total. The van der Waals surface area contributed by atoms with Crippen molar-refractivity contribution in [2.45, 2.75) is 13.0 Å². The van der Waals surface area contributed by atoms with Crippen LogP contribution >= 0.6 is 0 Å². The number of benzene rings is 2. The van der Waals surface area contributed by atoms with Gasteiger partial charge >= 0.3 is 0 Å². The number of nitrogens with two attached hydrogens (primary N) is 2. The molecule has 0 bridgehead atoms. The first-order valence-electron chi connectivity index (χ1n) is 11.0. The van der Waals surface area contributed by atoms with Crippen molar-refractivity contribution in [3.8, 4) is 23.8 Å². The summed E-state index contributed by atoms with van der Waals surface area (Å²) in [5, 5.41) is 26.7. The zero-order valence-corrected chi connectivity index (χ0v) is 20.0. The van der Waals surface area contributed by atoms with E-state index in [0.29, 0.717) is 28.3 Å². The number of aryl methyl sites for hydroxylation is 1. The number of pyridine rings is 1. The first kappa shape index (κ1) is 24.6. The Balaban J connectivity index is 1.63. The van der Waals surface area contributed by atoms with Gasteiger partial charge in [0.05, 0.1) is 12.8 Å². The number of rotatable bonds is 6. The third-order valence-electron chi connectivity index (χ3n) is 5.64. The summed E-state index contributed by atoms with van der Waals surface area (Å²) in [6.45, 7) is 1.66. The normalized spacial score (nSPS) is 13.6. The van der Waals surface area contributed by atoms with Crippen LogP contribution in [0.25, 0.3) is 0 Å². The molecule has 1 amide bonds. The lowest BCUT2D eigenvalue weighted by molar-refractivity contribution is -0.118. The van der Waals surface area contributed by atoms with Gasteiger partial charge in [-0.1, -0.05) is 24.3 Å². The van der Waals surface area contributed by atoms with Gasteiger partial charge in [-0.05, 0) is 36.2 Å². The number of para-hydroxylation sites is 1. The molecule has 0 saturated carbocycles. The predicted molar refractivity (Wildman–Crippen MR) is 138 cm³/mol. The van der Waals surface area contributed by atoms with Crippen molar-refractivity contribution >= 4 is 34.9 Å². The molecule has 1 aromatic heterocycles. The van der Waals surface area contributed by atoms with Gasteiger partial charge in [-0.15, -0.1) is 0 Å². The maximum absolute atomic E-state index is 12.4. The molecular formula is C25H23N9O3. The predicted octanol–water partition coefficient (Wildman–Crippen LogP) is 2.39. The Labute approximate surface area is 212 Å². The van der Waals surface area contributed by atoms with E-state index in [1.54, 1.807) is 30.5 Å². The number of methoxy groups -OCH3 is 1. The van der Waals surface area contributed by atoms with E-state index < -0.39 is 6.04 Å². The van der Waals surface area contributed by atoms with Gasteiger partial charge in [0, 0.05) is 11.3 Å². The SMILES string of the molecule is COc1cc(C2N=C(NC#N)Nc3nc(N)c(C#N)c(N)c32)ccc1OCC(=O)Nc1ccccc1C. The van der Waals surface area contributed by atoms with E-state index in [1.165, 1.54) is 7.11 Å². The molecule has 1 aliphatic rings. The first-order valence-corrected chi connectivity index (χ1v) is 11.0. The summed E-state index contributed by atoms with van der Waals surface area (Å²) in [7, 11) is 1.46. The molecule has 12 heteroatoms. The number of anilines is 4. The number of hydrogen-bond donors (Lipinski definition) is 5. The minimum atomic E-state index is -0.750. The molecule has 1 unspecified atom stereocenters. The smallest absolute Gasteiger partial charge is 0.262 e. The zero-order chi connectivity index (χ0) is 26.5. The summed E-state index contributed by atoms with van der Waals surface area (Å²) in [4.78, 5) is 21.2. The largest absolute Gasteiger partial charge is 0.493 e. The standard InChI is InChI=1S/C25H23N9O3/c1-13-5-3-4-6-16(13)31-19(35)11-37-17-8-7-14(9-18(17)36-2)22-20-21(28)15(10-26)23(29)33-24(20)34-25(32-22)30-12-27/h3-9,22H,11H2,1-2H3,(H,31,35)(H6,28,29,30,32,33,34). The van der Waals surface area contributed by atoms with Crippen LogP contribution in [-0.4, -0.2) is 30.6 Å². The number of carbonyl (C=O) groups is 1. The molecular weight excluding hydrogens is 474 g/mol. The number of fused-ring (bicyclic) bond motifs is 1. The third-order valence-corrected chi connectivity index (χ3v) is 5.64. The second kappa shape index (κ2) is 10.4. The number of nitriles is 2. The van der Waals surface area contributed by atoms with E-state index in [0.717, 1.165) is 5.56 Å². The van der Waals surface area contributed by atoms with Gasteiger partial charge in [-0.3, -0.25) is 10.1 Å². The number of nitrogen functional groups attached to an aromatic ring is 2. The average molecular weight is 498 g/mol. The monoisotopic (exact) mass is 497 g/mol. The van der Waals surface area contributed by atoms with Crippen LogP contribution in [0.3, 0.4) is 0 Å². The van der Waals surface area contributed by atoms with E-state index in [1.807, 2.05) is 31.2 Å². The number of ether oxygens (including phenoxy) is 2. The molecule has 0 spiro atoms. The van der Waals surface area contributed by atoms with Crippen LogP contribution in [0.4, 0.5) is 23.0 Å². The molecule has 3 aromatic rings. The van der Waals surface area contributed by atoms with E-state index >= 15 is 0 Å². The second-order valence-electron chi connectivity index (χ2n) is 7.96. The van der Waals surface area contributed by atoms with E-state index in [4.69, 9.17) is 26.2 Å². The minimum Gasteiger partial charge on any atom is -0.493 e. The van der Waals surface area contributed by atoms with Crippen molar-refractivity contribution < 1.29 is 14.3 Å². The van der Waals surface area contributed by atoms with Crippen molar-refractivity contribution in [1.29, 1.82) is 10.5 Å². The quantitative estimate of drug-likeness (QED) is 0.249. The van der Waals surface area contributed by atoms with Gasteiger partial charge in [0.15, 0.2) is 24.3 Å². The Kier molecular flexibility index (Phi) is 6.93. The Hall–Kier alpha value is -5.49. The number of guanidine groups is 1. The van der Waals surface area contributed by atoms with Crippen LogP contribution < -0.4 is 36.9 Å². The van der Waals surface area contributed by atoms with Gasteiger partial charge in [-0.25, -0.2) is 9.98 Å². The van der Waals surface area contributed by atoms with Gasteiger partial charge in [-0.2, -0.15) is 10.5 Å². The van der Waals surface area contributed by atoms with Gasteiger partial charge in [0.25, 0.3) is 5.91 Å². The Morgan fingerprint density at radius 2 is 1.97 bits per heavy atom. The molecule has 186 valence electrons. The Bertz CT molecular complexity index is 1490. The summed E-state index contributed by atoms with van der Waals surface area (Å²) in [6.07, 6.45) is 1.80. The molecule has 1 aliphatic heterocycles. The lowest BCUT2D eigenvalue weighted by Crippen LogP contribution is -2.32. The van der Waals surface area contributed by atoms with Gasteiger partial charge in [0.1, 0.15) is 29.3 Å². The lowest BCUT2D eigenvalue weighted by atomic mass is 9.95. The number of nitrogens with zero attached hydrogens (tertiary/aromatic N) is 4. The number of aromatic nitrogens is 1. The highest BCUT2D eigenvalue weighted by Crippen LogP contribution is 2.42. The van der Waals surface area contributed by atoms with Crippen LogP contribution in [-0.2, 0) is 4.79 Å². The minimum absolute atomic E-state index is 0.0315. The number of nitrogens with one attached hydrogen (secondary N) is 3. The second-order valence-corrected chi connectivity index (χ2v) is 7.96. The molecule has 4 rings (SSSR count). The van der Waals surface area contributed by atoms with Crippen molar-refractivity contribution in [2.24, 2.45) is 4.99 Å². The van der Waals surface area contributed by atoms with E-state index in [2.05, 4.69) is 25.9 Å². The summed E-state index contributed by atoms with van der Waals surface area (Å²) in [5.41, 5.74) is 15.0. The highest BCUT2D eigenvalue weighted by molar-refractivity contribution is 5.98. The topological polar surface area (TPSA) is 196 Å². The van der Waals surface area contributed by atoms with Crippen LogP contribution in [0, 0.1) is 29.7 Å². The van der Waals surface area contributed by atoms with Crippen LogP contribution in [0.2, 0.25) is 0 Å². The molecule has 0 saturated heterocycles. The van der Waals surface area contributed by atoms with Crippen molar-refractivity contribution in [1.82, 2.24) is 10.3 Å². The van der Waals surface area contributed by atoms with Crippen molar-refractivity contribution in [3.63, 3.8) is 0 Å². The maximum atomic E-state index is 12.4. The van der Waals surface area contributed by atoms with Gasteiger partial charge < -0.3 is 31.6 Å².